The number of rotatable bonds is 8. The van der Waals surface area contributed by atoms with Gasteiger partial charge < -0.3 is 15.2 Å². The number of hydrogen-bond acceptors (Lipinski definition) is 5. The van der Waals surface area contributed by atoms with Crippen molar-refractivity contribution in [3.8, 4) is 0 Å². The first-order valence-electron chi connectivity index (χ1n) is 11.0. The van der Waals surface area contributed by atoms with Crippen molar-refractivity contribution < 1.29 is 14.0 Å². The summed E-state index contributed by atoms with van der Waals surface area (Å²) in [4.78, 5) is 30.3. The van der Waals surface area contributed by atoms with Gasteiger partial charge in [0, 0.05) is 35.1 Å². The second-order valence-electron chi connectivity index (χ2n) is 7.76. The Morgan fingerprint density at radius 1 is 1.00 bits per heavy atom. The van der Waals surface area contributed by atoms with Crippen molar-refractivity contribution >= 4 is 61.2 Å². The molecular weight excluding hydrogens is 483 g/mol. The molecule has 3 aromatic carbocycles. The Balaban J connectivity index is 1.22. The lowest BCUT2D eigenvalue weighted by molar-refractivity contribution is -0.113. The minimum Gasteiger partial charge on any atom is -0.350 e. The second-order valence-corrected chi connectivity index (χ2v) is 9.81. The van der Waals surface area contributed by atoms with Gasteiger partial charge in [0.2, 0.25) is 5.91 Å². The van der Waals surface area contributed by atoms with Crippen molar-refractivity contribution in [3.05, 3.63) is 90.4 Å². The van der Waals surface area contributed by atoms with E-state index in [4.69, 9.17) is 0 Å². The first-order valence-corrected chi connectivity index (χ1v) is 12.8. The quantitative estimate of drug-likeness (QED) is 0.272. The number of amides is 2. The third-order valence-electron chi connectivity index (χ3n) is 5.41. The molecule has 0 saturated carbocycles. The van der Waals surface area contributed by atoms with E-state index in [0.717, 1.165) is 26.0 Å². The van der Waals surface area contributed by atoms with E-state index in [1.807, 2.05) is 59.3 Å². The van der Waals surface area contributed by atoms with Crippen LogP contribution < -0.4 is 10.6 Å². The van der Waals surface area contributed by atoms with Crippen molar-refractivity contribution in [2.45, 2.75) is 11.4 Å². The summed E-state index contributed by atoms with van der Waals surface area (Å²) in [5.74, 6) is -0.864. The molecule has 0 bridgehead atoms. The van der Waals surface area contributed by atoms with Gasteiger partial charge in [0.05, 0.1) is 21.5 Å². The first kappa shape index (κ1) is 23.1. The maximum Gasteiger partial charge on any atom is 0.254 e. The van der Waals surface area contributed by atoms with Crippen LogP contribution in [0.1, 0.15) is 10.4 Å². The number of carbonyl (C=O) groups is 2. The SMILES string of the molecule is O=C(CSc1cn(CCNC(=O)c2ccccc2F)c2ccccc12)Nc1nc2ccccc2s1. The Hall–Kier alpha value is -3.69. The predicted octanol–water partition coefficient (Wildman–Crippen LogP) is 5.55. The molecule has 2 N–H and O–H groups in total. The third-order valence-corrected chi connectivity index (χ3v) is 7.40. The Morgan fingerprint density at radius 2 is 1.77 bits per heavy atom. The highest BCUT2D eigenvalue weighted by atomic mass is 32.2. The van der Waals surface area contributed by atoms with Crippen LogP contribution >= 0.6 is 23.1 Å². The normalized spacial score (nSPS) is 11.1. The molecule has 176 valence electrons. The van der Waals surface area contributed by atoms with E-state index >= 15 is 0 Å². The van der Waals surface area contributed by atoms with Crippen molar-refractivity contribution in [1.82, 2.24) is 14.9 Å². The summed E-state index contributed by atoms with van der Waals surface area (Å²) < 4.78 is 16.9. The largest absolute Gasteiger partial charge is 0.350 e. The summed E-state index contributed by atoms with van der Waals surface area (Å²) in [7, 11) is 0. The van der Waals surface area contributed by atoms with Crippen molar-refractivity contribution in [2.24, 2.45) is 0 Å². The number of thiazole rings is 1. The maximum atomic E-state index is 13.8. The number of nitrogens with one attached hydrogen (secondary N) is 2. The molecule has 35 heavy (non-hydrogen) atoms. The zero-order valence-corrected chi connectivity index (χ0v) is 20.2. The lowest BCUT2D eigenvalue weighted by Gasteiger charge is -2.08. The summed E-state index contributed by atoms with van der Waals surface area (Å²) in [5.41, 5.74) is 1.90. The Bertz CT molecular complexity index is 1500. The van der Waals surface area contributed by atoms with Gasteiger partial charge in [-0.15, -0.1) is 11.8 Å². The second kappa shape index (κ2) is 10.3. The molecule has 0 radical (unpaired) electrons. The zero-order chi connectivity index (χ0) is 24.2. The van der Waals surface area contributed by atoms with Gasteiger partial charge in [0.15, 0.2) is 5.13 Å². The number of anilines is 1. The monoisotopic (exact) mass is 504 g/mol. The summed E-state index contributed by atoms with van der Waals surface area (Å²) in [5, 5.41) is 7.28. The molecule has 2 amide bonds. The molecule has 0 aliphatic carbocycles. The predicted molar refractivity (Wildman–Crippen MR) is 140 cm³/mol. The van der Waals surface area contributed by atoms with Crippen LogP contribution in [0.4, 0.5) is 9.52 Å². The fourth-order valence-corrected chi connectivity index (χ4v) is 5.54. The highest BCUT2D eigenvalue weighted by Gasteiger charge is 2.14. The number of hydrogen-bond donors (Lipinski definition) is 2. The highest BCUT2D eigenvalue weighted by Crippen LogP contribution is 2.31. The summed E-state index contributed by atoms with van der Waals surface area (Å²) >= 11 is 2.90. The minimum absolute atomic E-state index is 0.0280. The average Bonchev–Trinajstić information content (AvgIpc) is 3.43. The Labute approximate surface area is 209 Å². The molecule has 0 unspecified atom stereocenters. The van der Waals surface area contributed by atoms with E-state index in [-0.39, 0.29) is 17.2 Å². The van der Waals surface area contributed by atoms with Crippen LogP contribution in [0.3, 0.4) is 0 Å². The summed E-state index contributed by atoms with van der Waals surface area (Å²) in [6.07, 6.45) is 1.98. The molecule has 5 rings (SSSR count). The van der Waals surface area contributed by atoms with Crippen molar-refractivity contribution in [1.29, 1.82) is 0 Å². The number of carbonyl (C=O) groups excluding carboxylic acids is 2. The molecule has 0 saturated heterocycles. The van der Waals surface area contributed by atoms with E-state index < -0.39 is 11.7 Å². The van der Waals surface area contributed by atoms with E-state index in [2.05, 4.69) is 15.6 Å². The Morgan fingerprint density at radius 3 is 2.63 bits per heavy atom. The molecule has 5 aromatic rings. The van der Waals surface area contributed by atoms with Crippen molar-refractivity contribution in [2.75, 3.05) is 17.6 Å². The van der Waals surface area contributed by atoms with E-state index in [9.17, 15) is 14.0 Å². The summed E-state index contributed by atoms with van der Waals surface area (Å²) in [6.45, 7) is 0.854. The molecule has 2 aromatic heterocycles. The summed E-state index contributed by atoms with van der Waals surface area (Å²) in [6, 6.07) is 21.6. The maximum absolute atomic E-state index is 13.8. The van der Waals surface area contributed by atoms with Gasteiger partial charge in [-0.25, -0.2) is 9.37 Å². The number of halogens is 1. The highest BCUT2D eigenvalue weighted by molar-refractivity contribution is 8.00. The van der Waals surface area contributed by atoms with Crippen LogP contribution in [0.2, 0.25) is 0 Å². The molecule has 2 heterocycles. The number of thioether (sulfide) groups is 1. The van der Waals surface area contributed by atoms with Gasteiger partial charge in [-0.05, 0) is 30.3 Å². The number of aromatic nitrogens is 2. The Kier molecular flexibility index (Phi) is 6.78. The molecule has 0 aliphatic heterocycles. The number of fused-ring (bicyclic) bond motifs is 2. The van der Waals surface area contributed by atoms with Crippen LogP contribution in [-0.2, 0) is 11.3 Å². The fourth-order valence-electron chi connectivity index (χ4n) is 3.77. The number of para-hydroxylation sites is 2. The lowest BCUT2D eigenvalue weighted by Crippen LogP contribution is -2.27. The van der Waals surface area contributed by atoms with Crippen molar-refractivity contribution in [3.63, 3.8) is 0 Å². The lowest BCUT2D eigenvalue weighted by atomic mass is 10.2. The molecule has 9 heteroatoms. The molecule has 0 spiro atoms. The van der Waals surface area contributed by atoms with E-state index in [1.165, 1.54) is 35.2 Å². The van der Waals surface area contributed by atoms with Crippen LogP contribution in [-0.4, -0.2) is 33.7 Å². The smallest absolute Gasteiger partial charge is 0.254 e. The molecule has 0 aliphatic rings. The molecule has 6 nitrogen and oxygen atoms in total. The molecular formula is C26H21FN4O2S2. The van der Waals surface area contributed by atoms with E-state index in [1.54, 1.807) is 12.1 Å². The van der Waals surface area contributed by atoms with Gasteiger partial charge in [-0.2, -0.15) is 0 Å². The topological polar surface area (TPSA) is 76.0 Å². The van der Waals surface area contributed by atoms with Gasteiger partial charge in [-0.3, -0.25) is 9.59 Å². The fraction of sp³-hybridized carbons (Fsp3) is 0.115. The van der Waals surface area contributed by atoms with Crippen LogP contribution in [0.15, 0.2) is 83.9 Å². The average molecular weight is 505 g/mol. The van der Waals surface area contributed by atoms with E-state index in [0.29, 0.717) is 18.2 Å². The standard InChI is InChI=1S/C26H21FN4O2S2/c27-19-9-3-1-7-17(19)25(33)28-13-14-31-15-23(18-8-2-5-11-21(18)31)34-16-24(32)30-26-29-20-10-4-6-12-22(20)35-26/h1-12,15H,13-14,16H2,(H,28,33)(H,29,30,32). The van der Waals surface area contributed by atoms with Crippen LogP contribution in [0.5, 0.6) is 0 Å². The zero-order valence-electron chi connectivity index (χ0n) is 18.5. The van der Waals surface area contributed by atoms with Crippen LogP contribution in [0.25, 0.3) is 21.1 Å². The van der Waals surface area contributed by atoms with Gasteiger partial charge >= 0.3 is 0 Å². The number of nitrogens with zero attached hydrogens (tertiary/aromatic N) is 2. The van der Waals surface area contributed by atoms with Gasteiger partial charge in [0.1, 0.15) is 5.82 Å². The van der Waals surface area contributed by atoms with Crippen LogP contribution in [0, 0.1) is 5.82 Å². The molecule has 0 fully saturated rings. The number of benzene rings is 3. The van der Waals surface area contributed by atoms with Gasteiger partial charge in [-0.1, -0.05) is 53.8 Å². The molecule has 0 atom stereocenters. The third kappa shape index (κ3) is 5.21. The first-order chi connectivity index (χ1) is 17.1. The minimum atomic E-state index is -0.542. The van der Waals surface area contributed by atoms with Gasteiger partial charge in [0.25, 0.3) is 5.91 Å².